The first-order valence-corrected chi connectivity index (χ1v) is 8.10. The molecule has 1 amide bonds. The van der Waals surface area contributed by atoms with Gasteiger partial charge in [-0.2, -0.15) is 0 Å². The molecule has 1 saturated carbocycles. The number of amides is 1. The minimum Gasteiger partial charge on any atom is -0.469 e. The summed E-state index contributed by atoms with van der Waals surface area (Å²) in [5, 5.41) is 2.70. The number of hydrogen-bond donors (Lipinski definition) is 1. The molecule has 22 heavy (non-hydrogen) atoms. The second-order valence-electron chi connectivity index (χ2n) is 6.51. The highest BCUT2D eigenvalue weighted by molar-refractivity contribution is 5.77. The fourth-order valence-corrected chi connectivity index (χ4v) is 3.11. The molecule has 0 aromatic heterocycles. The predicted octanol–water partition coefficient (Wildman–Crippen LogP) is 1.42. The van der Waals surface area contributed by atoms with E-state index in [0.717, 1.165) is 32.3 Å². The van der Waals surface area contributed by atoms with Gasteiger partial charge in [0.2, 0.25) is 5.91 Å². The van der Waals surface area contributed by atoms with Gasteiger partial charge in [-0.3, -0.25) is 9.59 Å². The molecular formula is C16H27NO5. The van der Waals surface area contributed by atoms with Gasteiger partial charge >= 0.3 is 5.97 Å². The summed E-state index contributed by atoms with van der Waals surface area (Å²) in [6.45, 7) is 3.66. The first kappa shape index (κ1) is 17.2. The Hall–Kier alpha value is -1.14. The van der Waals surface area contributed by atoms with E-state index in [1.165, 1.54) is 7.11 Å². The van der Waals surface area contributed by atoms with Crippen molar-refractivity contribution in [1.82, 2.24) is 5.32 Å². The summed E-state index contributed by atoms with van der Waals surface area (Å²) < 4.78 is 16.2. The minimum atomic E-state index is -0.323. The van der Waals surface area contributed by atoms with Crippen molar-refractivity contribution in [2.75, 3.05) is 26.9 Å². The van der Waals surface area contributed by atoms with Gasteiger partial charge in [0, 0.05) is 12.0 Å². The van der Waals surface area contributed by atoms with Crippen LogP contribution in [0, 0.1) is 5.41 Å². The van der Waals surface area contributed by atoms with Gasteiger partial charge < -0.3 is 19.5 Å². The molecule has 6 nitrogen and oxygen atoms in total. The molecule has 126 valence electrons. The molecule has 2 saturated heterocycles. The zero-order valence-corrected chi connectivity index (χ0v) is 13.6. The first-order valence-electron chi connectivity index (χ1n) is 8.10. The summed E-state index contributed by atoms with van der Waals surface area (Å²) in [6, 6.07) is 0. The molecule has 2 bridgehead atoms. The molecule has 2 heterocycles. The molecule has 3 aliphatic rings. The lowest BCUT2D eigenvalue weighted by atomic mass is 9.72. The van der Waals surface area contributed by atoms with Crippen molar-refractivity contribution in [1.29, 1.82) is 0 Å². The van der Waals surface area contributed by atoms with E-state index < -0.39 is 0 Å². The molecule has 1 aliphatic carbocycles. The third kappa shape index (κ3) is 4.95. The Morgan fingerprint density at radius 1 is 1.36 bits per heavy atom. The van der Waals surface area contributed by atoms with Crippen LogP contribution < -0.4 is 5.32 Å². The van der Waals surface area contributed by atoms with Crippen LogP contribution in [-0.4, -0.2) is 51.0 Å². The molecule has 3 fully saturated rings. The molecule has 1 atom stereocenters. The molecule has 1 N–H and O–H groups in total. The van der Waals surface area contributed by atoms with Gasteiger partial charge in [-0.1, -0.05) is 0 Å². The Bertz CT molecular complexity index is 376. The minimum absolute atomic E-state index is 0.0995. The Labute approximate surface area is 131 Å². The Morgan fingerprint density at radius 2 is 2.09 bits per heavy atom. The molecule has 0 radical (unpaired) electrons. The smallest absolute Gasteiger partial charge is 0.307 e. The van der Waals surface area contributed by atoms with Gasteiger partial charge in [0.05, 0.1) is 45.4 Å². The quantitative estimate of drug-likeness (QED) is 0.686. The van der Waals surface area contributed by atoms with Crippen molar-refractivity contribution in [3.05, 3.63) is 0 Å². The van der Waals surface area contributed by atoms with Crippen LogP contribution in [0.2, 0.25) is 0 Å². The highest BCUT2D eigenvalue weighted by Crippen LogP contribution is 2.43. The number of hydrogen-bond acceptors (Lipinski definition) is 5. The van der Waals surface area contributed by atoms with E-state index in [9.17, 15) is 9.59 Å². The van der Waals surface area contributed by atoms with E-state index in [4.69, 9.17) is 9.47 Å². The maximum absolute atomic E-state index is 11.8. The molecule has 0 aromatic rings. The fraction of sp³-hybridized carbons (Fsp3) is 0.875. The van der Waals surface area contributed by atoms with Crippen LogP contribution >= 0.6 is 0 Å². The SMILES string of the molecule is COC(=O)CCNC(=O)C[C@@H](C)OCC12CCC(CC1)OC2. The average Bonchev–Trinajstić information content (AvgIpc) is 2.54. The molecule has 6 heteroatoms. The molecule has 3 rings (SSSR count). The summed E-state index contributed by atoms with van der Waals surface area (Å²) in [5.41, 5.74) is 0.157. The van der Waals surface area contributed by atoms with Gasteiger partial charge in [-0.05, 0) is 32.6 Å². The van der Waals surface area contributed by atoms with Crippen LogP contribution in [0.25, 0.3) is 0 Å². The van der Waals surface area contributed by atoms with Gasteiger partial charge in [-0.25, -0.2) is 0 Å². The third-order valence-corrected chi connectivity index (χ3v) is 4.64. The van der Waals surface area contributed by atoms with Gasteiger partial charge in [-0.15, -0.1) is 0 Å². The predicted molar refractivity (Wildman–Crippen MR) is 80.3 cm³/mol. The number of carbonyl (C=O) groups excluding carboxylic acids is 2. The zero-order valence-electron chi connectivity index (χ0n) is 13.6. The lowest BCUT2D eigenvalue weighted by Gasteiger charge is -2.46. The number of nitrogens with one attached hydrogen (secondary N) is 1. The zero-order chi connectivity index (χ0) is 16.0. The second kappa shape index (κ2) is 7.92. The standard InChI is InChI=1S/C16H27NO5/c1-12(9-14(18)17-8-5-15(19)20-2)21-10-16-6-3-13(4-7-16)22-11-16/h12-13H,3-11H2,1-2H3,(H,17,18)/t12-,13?,16?/m1/s1. The summed E-state index contributed by atoms with van der Waals surface area (Å²) in [7, 11) is 1.34. The van der Waals surface area contributed by atoms with Crippen molar-refractivity contribution in [3.8, 4) is 0 Å². The van der Waals surface area contributed by atoms with Crippen molar-refractivity contribution in [3.63, 3.8) is 0 Å². The van der Waals surface area contributed by atoms with Crippen molar-refractivity contribution >= 4 is 11.9 Å². The molecule has 0 spiro atoms. The number of esters is 1. The number of fused-ring (bicyclic) bond motifs is 3. The summed E-state index contributed by atoms with van der Waals surface area (Å²) >= 11 is 0. The number of methoxy groups -OCH3 is 1. The normalized spacial score (nSPS) is 28.2. The van der Waals surface area contributed by atoms with Crippen molar-refractivity contribution < 1.29 is 23.8 Å². The Balaban J connectivity index is 1.61. The molecule has 2 aliphatic heterocycles. The summed E-state index contributed by atoms with van der Waals surface area (Å²) in [4.78, 5) is 22.7. The average molecular weight is 313 g/mol. The number of rotatable bonds is 8. The van der Waals surface area contributed by atoms with E-state index in [2.05, 4.69) is 10.1 Å². The van der Waals surface area contributed by atoms with Crippen molar-refractivity contribution in [2.24, 2.45) is 5.41 Å². The summed E-state index contributed by atoms with van der Waals surface area (Å²) in [6.07, 6.45) is 5.41. The van der Waals surface area contributed by atoms with Gasteiger partial charge in [0.1, 0.15) is 0 Å². The lowest BCUT2D eigenvalue weighted by molar-refractivity contribution is -0.150. The van der Waals surface area contributed by atoms with Gasteiger partial charge in [0.25, 0.3) is 0 Å². The van der Waals surface area contributed by atoms with Crippen LogP contribution in [0.15, 0.2) is 0 Å². The number of ether oxygens (including phenoxy) is 3. The fourth-order valence-electron chi connectivity index (χ4n) is 3.11. The van der Waals surface area contributed by atoms with E-state index in [0.29, 0.717) is 25.7 Å². The van der Waals surface area contributed by atoms with E-state index >= 15 is 0 Å². The Kier molecular flexibility index (Phi) is 6.20. The van der Waals surface area contributed by atoms with Crippen LogP contribution in [0.1, 0.15) is 45.4 Å². The second-order valence-corrected chi connectivity index (χ2v) is 6.51. The van der Waals surface area contributed by atoms with Crippen LogP contribution in [0.4, 0.5) is 0 Å². The first-order chi connectivity index (χ1) is 10.5. The molecule has 0 aromatic carbocycles. The highest BCUT2D eigenvalue weighted by atomic mass is 16.5. The Morgan fingerprint density at radius 3 is 2.68 bits per heavy atom. The molecular weight excluding hydrogens is 286 g/mol. The van der Waals surface area contributed by atoms with Gasteiger partial charge in [0.15, 0.2) is 0 Å². The van der Waals surface area contributed by atoms with E-state index in [1.54, 1.807) is 0 Å². The van der Waals surface area contributed by atoms with Crippen molar-refractivity contribution in [2.45, 2.75) is 57.7 Å². The monoisotopic (exact) mass is 313 g/mol. The summed E-state index contributed by atoms with van der Waals surface area (Å²) in [5.74, 6) is -0.422. The lowest BCUT2D eigenvalue weighted by Crippen LogP contribution is -2.46. The van der Waals surface area contributed by atoms with E-state index in [-0.39, 0.29) is 29.8 Å². The van der Waals surface area contributed by atoms with Crippen LogP contribution in [-0.2, 0) is 23.8 Å². The maximum atomic E-state index is 11.8. The number of carbonyl (C=O) groups is 2. The highest BCUT2D eigenvalue weighted by Gasteiger charge is 2.41. The largest absolute Gasteiger partial charge is 0.469 e. The molecule has 0 unspecified atom stereocenters. The maximum Gasteiger partial charge on any atom is 0.307 e. The van der Waals surface area contributed by atoms with Crippen LogP contribution in [0.5, 0.6) is 0 Å². The van der Waals surface area contributed by atoms with E-state index in [1.807, 2.05) is 6.92 Å². The topological polar surface area (TPSA) is 73.9 Å². The third-order valence-electron chi connectivity index (χ3n) is 4.64. The van der Waals surface area contributed by atoms with Crippen LogP contribution in [0.3, 0.4) is 0 Å².